The number of hydrogen-bond donors (Lipinski definition) is 1. The van der Waals surface area contributed by atoms with Gasteiger partial charge in [0.2, 0.25) is 21.8 Å². The van der Waals surface area contributed by atoms with Crippen molar-refractivity contribution in [2.75, 3.05) is 17.1 Å². The van der Waals surface area contributed by atoms with Crippen molar-refractivity contribution in [2.45, 2.75) is 57.2 Å². The summed E-state index contributed by atoms with van der Waals surface area (Å²) in [6, 6.07) is 20.4. The van der Waals surface area contributed by atoms with Gasteiger partial charge in [-0.1, -0.05) is 79.4 Å². The number of hydrogen-bond acceptors (Lipinski definition) is 4. The molecule has 2 amide bonds. The smallest absolute Gasteiger partial charge is 0.244 e. The Balaban J connectivity index is 1.72. The first-order valence-electron chi connectivity index (χ1n) is 13.7. The largest absolute Gasteiger partial charge is 0.352 e. The van der Waals surface area contributed by atoms with Gasteiger partial charge in [-0.05, 0) is 54.3 Å². The Morgan fingerprint density at radius 3 is 2.22 bits per heavy atom. The van der Waals surface area contributed by atoms with Gasteiger partial charge in [-0.25, -0.2) is 12.8 Å². The SMILES string of the molecule is CS(=O)(=O)N(CC(=O)N(Cc1ccccc1Cl)C(Cc1ccccc1)C(=O)NC1CCCCC1)c1ccc(F)cc1. The molecule has 3 aromatic rings. The zero-order valence-electron chi connectivity index (χ0n) is 23.0. The maximum Gasteiger partial charge on any atom is 0.244 e. The van der Waals surface area contributed by atoms with Crippen LogP contribution >= 0.6 is 11.6 Å². The lowest BCUT2D eigenvalue weighted by molar-refractivity contribution is -0.140. The van der Waals surface area contributed by atoms with Crippen LogP contribution in [0.1, 0.15) is 43.2 Å². The number of rotatable bonds is 11. The van der Waals surface area contributed by atoms with Crippen LogP contribution in [0.25, 0.3) is 0 Å². The van der Waals surface area contributed by atoms with E-state index in [9.17, 15) is 22.4 Å². The predicted octanol–water partition coefficient (Wildman–Crippen LogP) is 5.33. The highest BCUT2D eigenvalue weighted by Gasteiger charge is 2.34. The molecule has 1 aliphatic carbocycles. The normalized spacial score (nSPS) is 14.7. The molecule has 0 radical (unpaired) electrons. The molecule has 0 bridgehead atoms. The summed E-state index contributed by atoms with van der Waals surface area (Å²) in [5.41, 5.74) is 1.62. The molecule has 10 heteroatoms. The van der Waals surface area contributed by atoms with Gasteiger partial charge in [-0.2, -0.15) is 0 Å². The number of amides is 2. The van der Waals surface area contributed by atoms with Crippen LogP contribution in [0, 0.1) is 5.82 Å². The van der Waals surface area contributed by atoms with Gasteiger partial charge in [0.25, 0.3) is 0 Å². The summed E-state index contributed by atoms with van der Waals surface area (Å²) in [5, 5.41) is 3.58. The van der Waals surface area contributed by atoms with Crippen LogP contribution in [-0.4, -0.2) is 50.0 Å². The minimum Gasteiger partial charge on any atom is -0.352 e. The molecule has 1 aliphatic rings. The molecule has 0 aliphatic heterocycles. The van der Waals surface area contributed by atoms with E-state index in [4.69, 9.17) is 11.6 Å². The fourth-order valence-electron chi connectivity index (χ4n) is 5.13. The van der Waals surface area contributed by atoms with Crippen LogP contribution in [0.2, 0.25) is 5.02 Å². The highest BCUT2D eigenvalue weighted by molar-refractivity contribution is 7.92. The van der Waals surface area contributed by atoms with E-state index >= 15 is 0 Å². The molecule has 41 heavy (non-hydrogen) atoms. The molecule has 1 unspecified atom stereocenters. The van der Waals surface area contributed by atoms with Crippen LogP contribution < -0.4 is 9.62 Å². The standard InChI is InChI=1S/C31H35ClFN3O4S/c1-41(39,40)36(27-18-16-25(33)17-19-27)22-30(37)35(21-24-12-8-9-15-28(24)32)29(20-23-10-4-2-5-11-23)31(38)34-26-13-6-3-7-14-26/h2,4-5,8-12,15-19,26,29H,3,6-7,13-14,20-22H2,1H3,(H,34,38). The summed E-state index contributed by atoms with van der Waals surface area (Å²) < 4.78 is 40.1. The third-order valence-electron chi connectivity index (χ3n) is 7.31. The van der Waals surface area contributed by atoms with Crippen molar-refractivity contribution in [1.29, 1.82) is 0 Å². The molecule has 3 aromatic carbocycles. The summed E-state index contributed by atoms with van der Waals surface area (Å²) in [7, 11) is -3.93. The van der Waals surface area contributed by atoms with Gasteiger partial charge in [0.05, 0.1) is 11.9 Å². The van der Waals surface area contributed by atoms with Gasteiger partial charge in [-0.15, -0.1) is 0 Å². The van der Waals surface area contributed by atoms with Crippen LogP contribution in [0.15, 0.2) is 78.9 Å². The summed E-state index contributed by atoms with van der Waals surface area (Å²) in [6.07, 6.45) is 6.13. The van der Waals surface area contributed by atoms with Crippen molar-refractivity contribution >= 4 is 39.1 Å². The van der Waals surface area contributed by atoms with E-state index < -0.39 is 34.3 Å². The molecule has 218 valence electrons. The number of carbonyl (C=O) groups excluding carboxylic acids is 2. The average Bonchev–Trinajstić information content (AvgIpc) is 2.95. The van der Waals surface area contributed by atoms with Gasteiger partial charge >= 0.3 is 0 Å². The third kappa shape index (κ3) is 8.53. The van der Waals surface area contributed by atoms with Crippen LogP contribution in [-0.2, 0) is 32.6 Å². The topological polar surface area (TPSA) is 86.8 Å². The van der Waals surface area contributed by atoms with Crippen LogP contribution in [0.4, 0.5) is 10.1 Å². The monoisotopic (exact) mass is 599 g/mol. The lowest BCUT2D eigenvalue weighted by atomic mass is 9.94. The summed E-state index contributed by atoms with van der Waals surface area (Å²) >= 11 is 6.48. The maximum absolute atomic E-state index is 14.1. The Kier molecular flexibility index (Phi) is 10.4. The van der Waals surface area contributed by atoms with Gasteiger partial charge in [-0.3, -0.25) is 13.9 Å². The molecule has 0 spiro atoms. The lowest BCUT2D eigenvalue weighted by Gasteiger charge is -2.35. The Bertz CT molecular complexity index is 1430. The lowest BCUT2D eigenvalue weighted by Crippen LogP contribution is -2.55. The zero-order chi connectivity index (χ0) is 29.4. The second kappa shape index (κ2) is 14.0. The molecule has 0 aromatic heterocycles. The first-order valence-corrected chi connectivity index (χ1v) is 15.9. The molecule has 0 saturated heterocycles. The number of halogens is 2. The maximum atomic E-state index is 14.1. The molecule has 4 rings (SSSR count). The van der Waals surface area contributed by atoms with E-state index in [1.54, 1.807) is 24.3 Å². The number of anilines is 1. The third-order valence-corrected chi connectivity index (χ3v) is 8.82. The van der Waals surface area contributed by atoms with Crippen molar-refractivity contribution in [3.8, 4) is 0 Å². The predicted molar refractivity (Wildman–Crippen MR) is 160 cm³/mol. The minimum atomic E-state index is -3.93. The summed E-state index contributed by atoms with van der Waals surface area (Å²) in [5.74, 6) is -1.41. The second-order valence-electron chi connectivity index (χ2n) is 10.4. The fourth-order valence-corrected chi connectivity index (χ4v) is 6.17. The van der Waals surface area contributed by atoms with Crippen molar-refractivity contribution in [1.82, 2.24) is 10.2 Å². The van der Waals surface area contributed by atoms with Gasteiger partial charge < -0.3 is 10.2 Å². The minimum absolute atomic E-state index is 0.00485. The first-order chi connectivity index (χ1) is 19.6. The van der Waals surface area contributed by atoms with Crippen molar-refractivity contribution < 1.29 is 22.4 Å². The Hall–Kier alpha value is -3.43. The Labute approximate surface area is 246 Å². The molecule has 1 fully saturated rings. The fraction of sp³-hybridized carbons (Fsp3) is 0.355. The molecular formula is C31H35ClFN3O4S. The summed E-state index contributed by atoms with van der Waals surface area (Å²) in [6.45, 7) is -0.577. The first kappa shape index (κ1) is 30.5. The number of benzene rings is 3. The van der Waals surface area contributed by atoms with E-state index in [2.05, 4.69) is 5.32 Å². The van der Waals surface area contributed by atoms with Gasteiger partial charge in [0, 0.05) is 24.0 Å². The van der Waals surface area contributed by atoms with Crippen molar-refractivity contribution in [3.05, 3.63) is 101 Å². The van der Waals surface area contributed by atoms with E-state index in [1.165, 1.54) is 17.0 Å². The van der Waals surface area contributed by atoms with Crippen LogP contribution in [0.5, 0.6) is 0 Å². The molecule has 1 atom stereocenters. The molecule has 1 saturated carbocycles. The molecular weight excluding hydrogens is 565 g/mol. The van der Waals surface area contributed by atoms with Gasteiger partial charge in [0.15, 0.2) is 0 Å². The second-order valence-corrected chi connectivity index (χ2v) is 12.7. The zero-order valence-corrected chi connectivity index (χ0v) is 24.6. The van der Waals surface area contributed by atoms with E-state index in [-0.39, 0.29) is 30.6 Å². The summed E-state index contributed by atoms with van der Waals surface area (Å²) in [4.78, 5) is 29.4. The number of nitrogens with zero attached hydrogens (tertiary/aromatic N) is 2. The van der Waals surface area contributed by atoms with Gasteiger partial charge in [0.1, 0.15) is 18.4 Å². The average molecular weight is 600 g/mol. The highest BCUT2D eigenvalue weighted by atomic mass is 35.5. The quantitative estimate of drug-likeness (QED) is 0.323. The van der Waals surface area contributed by atoms with E-state index in [1.807, 2.05) is 30.3 Å². The Morgan fingerprint density at radius 1 is 0.951 bits per heavy atom. The number of carbonyl (C=O) groups is 2. The molecule has 0 heterocycles. The molecule has 7 nitrogen and oxygen atoms in total. The highest BCUT2D eigenvalue weighted by Crippen LogP contribution is 2.24. The Morgan fingerprint density at radius 2 is 1.59 bits per heavy atom. The van der Waals surface area contributed by atoms with Crippen molar-refractivity contribution in [3.63, 3.8) is 0 Å². The van der Waals surface area contributed by atoms with Crippen LogP contribution in [0.3, 0.4) is 0 Å². The molecule has 1 N–H and O–H groups in total. The van der Waals surface area contributed by atoms with E-state index in [0.717, 1.165) is 60.4 Å². The number of nitrogens with one attached hydrogen (secondary N) is 1. The number of sulfonamides is 1. The van der Waals surface area contributed by atoms with E-state index in [0.29, 0.717) is 10.6 Å². The van der Waals surface area contributed by atoms with Crippen molar-refractivity contribution in [2.24, 2.45) is 0 Å².